The number of hydrogen-bond acceptors (Lipinski definition) is 3. The van der Waals surface area contributed by atoms with Crippen molar-refractivity contribution in [2.75, 3.05) is 6.61 Å². The quantitative estimate of drug-likeness (QED) is 0.897. The normalized spacial score (nSPS) is 29.4. The summed E-state index contributed by atoms with van der Waals surface area (Å²) in [6.45, 7) is 3.86. The predicted molar refractivity (Wildman–Crippen MR) is 94.9 cm³/mol. The molecule has 0 amide bonds. The van der Waals surface area contributed by atoms with Gasteiger partial charge in [0.05, 0.1) is 0 Å². The molecule has 4 rings (SSSR count). The molecule has 1 N–H and O–H groups in total. The van der Waals surface area contributed by atoms with Crippen LogP contribution in [0.2, 0.25) is 0 Å². The van der Waals surface area contributed by atoms with Crippen molar-refractivity contribution in [1.82, 2.24) is 14.9 Å². The van der Waals surface area contributed by atoms with Gasteiger partial charge in [0.2, 0.25) is 0 Å². The average Bonchev–Trinajstić information content (AvgIpc) is 3.08. The molecule has 2 fully saturated rings. The van der Waals surface area contributed by atoms with Crippen LogP contribution in [0.1, 0.15) is 56.0 Å². The maximum atomic E-state index is 13.1. The number of ether oxygens (including phenoxy) is 1. The van der Waals surface area contributed by atoms with E-state index in [9.17, 15) is 4.39 Å². The van der Waals surface area contributed by atoms with Crippen LogP contribution < -0.4 is 5.32 Å². The number of nitrogens with zero attached hydrogens (tertiary/aromatic N) is 2. The van der Waals surface area contributed by atoms with Crippen molar-refractivity contribution in [2.45, 2.75) is 63.3 Å². The summed E-state index contributed by atoms with van der Waals surface area (Å²) in [5, 5.41) is 3.80. The molecule has 1 saturated carbocycles. The Kier molecular flexibility index (Phi) is 4.86. The van der Waals surface area contributed by atoms with Gasteiger partial charge in [0.1, 0.15) is 17.7 Å². The standard InChI is InChI=1S/C20H26FN3O/c1-2-24-10-9-22-20(24)19-18(4-3-11-25-19)23-17-12-15(13-17)14-5-7-16(21)8-6-14/h5-10,15,17-19,23H,2-4,11-13H2,1H3/t15?,17?,18-,19-/m0/s1. The van der Waals surface area contributed by atoms with E-state index in [1.54, 1.807) is 12.1 Å². The van der Waals surface area contributed by atoms with Crippen molar-refractivity contribution in [2.24, 2.45) is 0 Å². The van der Waals surface area contributed by atoms with E-state index in [0.29, 0.717) is 18.0 Å². The van der Waals surface area contributed by atoms with Gasteiger partial charge in [0.25, 0.3) is 0 Å². The first-order valence-electron chi connectivity index (χ1n) is 9.38. The van der Waals surface area contributed by atoms with Gasteiger partial charge in [0, 0.05) is 37.6 Å². The third-order valence-corrected chi connectivity index (χ3v) is 5.59. The van der Waals surface area contributed by atoms with Crippen LogP contribution in [0, 0.1) is 5.82 Å². The van der Waals surface area contributed by atoms with Crippen molar-refractivity contribution < 1.29 is 9.13 Å². The highest BCUT2D eigenvalue weighted by Gasteiger charge is 2.36. The number of benzene rings is 1. The van der Waals surface area contributed by atoms with E-state index in [0.717, 1.165) is 44.7 Å². The minimum absolute atomic E-state index is 0.0357. The number of aryl methyl sites for hydroxylation is 1. The number of imidazole rings is 1. The maximum absolute atomic E-state index is 13.1. The van der Waals surface area contributed by atoms with E-state index in [1.807, 2.05) is 24.5 Å². The summed E-state index contributed by atoms with van der Waals surface area (Å²) in [5.41, 5.74) is 1.25. The molecule has 2 atom stereocenters. The second kappa shape index (κ2) is 7.26. The van der Waals surface area contributed by atoms with E-state index in [4.69, 9.17) is 4.74 Å². The highest BCUT2D eigenvalue weighted by molar-refractivity contribution is 5.23. The minimum Gasteiger partial charge on any atom is -0.369 e. The summed E-state index contributed by atoms with van der Waals surface area (Å²) < 4.78 is 21.3. The summed E-state index contributed by atoms with van der Waals surface area (Å²) in [6.07, 6.45) is 8.36. The molecule has 1 aromatic carbocycles. The van der Waals surface area contributed by atoms with Crippen LogP contribution in [0.15, 0.2) is 36.7 Å². The molecule has 0 bridgehead atoms. The Balaban J connectivity index is 1.37. The summed E-state index contributed by atoms with van der Waals surface area (Å²) in [7, 11) is 0. The summed E-state index contributed by atoms with van der Waals surface area (Å²) in [5.74, 6) is 1.42. The maximum Gasteiger partial charge on any atom is 0.139 e. The molecule has 25 heavy (non-hydrogen) atoms. The molecule has 2 heterocycles. The number of rotatable bonds is 5. The second-order valence-electron chi connectivity index (χ2n) is 7.20. The Morgan fingerprint density at radius 3 is 2.84 bits per heavy atom. The van der Waals surface area contributed by atoms with Crippen LogP contribution in [0.3, 0.4) is 0 Å². The van der Waals surface area contributed by atoms with Crippen molar-refractivity contribution in [1.29, 1.82) is 0 Å². The van der Waals surface area contributed by atoms with Crippen LogP contribution in [0.4, 0.5) is 4.39 Å². The van der Waals surface area contributed by atoms with Crippen LogP contribution in [0.5, 0.6) is 0 Å². The summed E-state index contributed by atoms with van der Waals surface area (Å²) in [4.78, 5) is 4.55. The fourth-order valence-corrected chi connectivity index (χ4v) is 4.12. The largest absolute Gasteiger partial charge is 0.369 e. The molecule has 1 aromatic heterocycles. The molecule has 5 heteroatoms. The first-order chi connectivity index (χ1) is 12.2. The molecule has 2 aromatic rings. The lowest BCUT2D eigenvalue weighted by atomic mass is 9.75. The fraction of sp³-hybridized carbons (Fsp3) is 0.550. The van der Waals surface area contributed by atoms with E-state index < -0.39 is 0 Å². The van der Waals surface area contributed by atoms with Gasteiger partial charge in [-0.05, 0) is 56.2 Å². The molecule has 2 aliphatic rings. The molecule has 1 aliphatic carbocycles. The third kappa shape index (κ3) is 3.48. The molecular formula is C20H26FN3O. The molecule has 0 spiro atoms. The highest BCUT2D eigenvalue weighted by atomic mass is 19.1. The van der Waals surface area contributed by atoms with Crippen molar-refractivity contribution in [3.63, 3.8) is 0 Å². The Morgan fingerprint density at radius 2 is 2.08 bits per heavy atom. The van der Waals surface area contributed by atoms with Gasteiger partial charge in [-0.2, -0.15) is 0 Å². The molecule has 1 aliphatic heterocycles. The van der Waals surface area contributed by atoms with Gasteiger partial charge in [-0.3, -0.25) is 0 Å². The van der Waals surface area contributed by atoms with Crippen molar-refractivity contribution in [3.8, 4) is 0 Å². The summed E-state index contributed by atoms with van der Waals surface area (Å²) >= 11 is 0. The molecule has 4 nitrogen and oxygen atoms in total. The number of aromatic nitrogens is 2. The van der Waals surface area contributed by atoms with E-state index >= 15 is 0 Å². The Labute approximate surface area is 148 Å². The number of nitrogens with one attached hydrogen (secondary N) is 1. The molecule has 1 saturated heterocycles. The van der Waals surface area contributed by atoms with Gasteiger partial charge >= 0.3 is 0 Å². The second-order valence-corrected chi connectivity index (χ2v) is 7.20. The van der Waals surface area contributed by atoms with Gasteiger partial charge in [0.15, 0.2) is 0 Å². The zero-order valence-corrected chi connectivity index (χ0v) is 14.7. The topological polar surface area (TPSA) is 39.1 Å². The Morgan fingerprint density at radius 1 is 1.28 bits per heavy atom. The Hall–Kier alpha value is -1.72. The first-order valence-corrected chi connectivity index (χ1v) is 9.38. The lowest BCUT2D eigenvalue weighted by Gasteiger charge is -2.42. The van der Waals surface area contributed by atoms with Crippen LogP contribution in [-0.2, 0) is 11.3 Å². The molecule has 134 valence electrons. The number of halogens is 1. The summed E-state index contributed by atoms with van der Waals surface area (Å²) in [6, 6.07) is 7.79. The van der Waals surface area contributed by atoms with Crippen LogP contribution in [-0.4, -0.2) is 28.2 Å². The average molecular weight is 343 g/mol. The van der Waals surface area contributed by atoms with Crippen LogP contribution in [0.25, 0.3) is 0 Å². The monoisotopic (exact) mass is 343 g/mol. The fourth-order valence-electron chi connectivity index (χ4n) is 4.12. The Bertz CT molecular complexity index is 693. The SMILES string of the molecule is CCn1ccnc1[C@H]1OCCC[C@@H]1NC1CC(c2ccc(F)cc2)C1. The zero-order chi connectivity index (χ0) is 17.2. The van der Waals surface area contributed by atoms with Crippen molar-refractivity contribution in [3.05, 3.63) is 53.9 Å². The van der Waals surface area contributed by atoms with Gasteiger partial charge in [-0.25, -0.2) is 9.37 Å². The van der Waals surface area contributed by atoms with E-state index in [1.165, 1.54) is 5.56 Å². The van der Waals surface area contributed by atoms with Crippen LogP contribution >= 0.6 is 0 Å². The minimum atomic E-state index is -0.161. The van der Waals surface area contributed by atoms with Gasteiger partial charge < -0.3 is 14.6 Å². The first kappa shape index (κ1) is 16.7. The predicted octanol–water partition coefficient (Wildman–Crippen LogP) is 3.80. The van der Waals surface area contributed by atoms with E-state index in [-0.39, 0.29) is 11.9 Å². The third-order valence-electron chi connectivity index (χ3n) is 5.59. The zero-order valence-electron chi connectivity index (χ0n) is 14.7. The van der Waals surface area contributed by atoms with Gasteiger partial charge in [-0.1, -0.05) is 12.1 Å². The lowest BCUT2D eigenvalue weighted by Crippen LogP contribution is -2.50. The molecular weight excluding hydrogens is 317 g/mol. The molecule has 0 unspecified atom stereocenters. The van der Waals surface area contributed by atoms with E-state index in [2.05, 4.69) is 21.8 Å². The van der Waals surface area contributed by atoms with Crippen molar-refractivity contribution >= 4 is 0 Å². The smallest absolute Gasteiger partial charge is 0.139 e. The molecule has 0 radical (unpaired) electrons. The highest BCUT2D eigenvalue weighted by Crippen LogP contribution is 2.38. The lowest BCUT2D eigenvalue weighted by molar-refractivity contribution is -0.0243. The van der Waals surface area contributed by atoms with Gasteiger partial charge in [-0.15, -0.1) is 0 Å². The number of hydrogen-bond donors (Lipinski definition) is 1.